The van der Waals surface area contributed by atoms with E-state index in [-0.39, 0.29) is 13.6 Å². The minimum atomic E-state index is -4.65. The fraction of sp³-hybridized carbons (Fsp3) is 0.448. The molecule has 0 radical (unpaired) electrons. The van der Waals surface area contributed by atoms with Crippen LogP contribution < -0.4 is 0 Å². The minimum absolute atomic E-state index is 0.00966. The summed E-state index contributed by atoms with van der Waals surface area (Å²) in [5.74, 6) is 0. The van der Waals surface area contributed by atoms with Gasteiger partial charge in [0.2, 0.25) is 0 Å². The molecule has 33 heavy (non-hydrogen) atoms. The summed E-state index contributed by atoms with van der Waals surface area (Å²) in [6, 6.07) is 10.3. The summed E-state index contributed by atoms with van der Waals surface area (Å²) in [6.45, 7) is 15.9. The van der Waals surface area contributed by atoms with E-state index in [1.807, 2.05) is 0 Å². The molecule has 2 aromatic rings. The number of allylic oxidation sites excluding steroid dienone is 2. The van der Waals surface area contributed by atoms with Crippen molar-refractivity contribution in [2.75, 3.05) is 0 Å². The Morgan fingerprint density at radius 1 is 0.697 bits per heavy atom. The van der Waals surface area contributed by atoms with Crippen molar-refractivity contribution in [3.63, 3.8) is 0 Å². The quantitative estimate of drug-likeness (QED) is 0.213. The summed E-state index contributed by atoms with van der Waals surface area (Å²) in [4.78, 5) is 0. The Balaban J connectivity index is 2.03. The molecule has 2 atom stereocenters. The monoisotopic (exact) mass is 664 g/mol. The number of hydrogen-bond acceptors (Lipinski definition) is 0. The van der Waals surface area contributed by atoms with Crippen molar-refractivity contribution in [3.05, 3.63) is 79.9 Å². The Labute approximate surface area is 209 Å². The van der Waals surface area contributed by atoms with Crippen molar-refractivity contribution in [1.29, 1.82) is 0 Å². The number of hydrogen-bond donors (Lipinski definition) is 0. The first-order valence-corrected chi connectivity index (χ1v) is 33.2. The molecule has 0 fully saturated rings. The fourth-order valence-corrected chi connectivity index (χ4v) is 57.6. The van der Waals surface area contributed by atoms with E-state index in [0.29, 0.717) is 0 Å². The number of rotatable bonds is 6. The maximum absolute atomic E-state index is 8.32. The van der Waals surface area contributed by atoms with Gasteiger partial charge in [0.1, 0.15) is 0 Å². The van der Waals surface area contributed by atoms with Gasteiger partial charge in [0.25, 0.3) is 0 Å². The Kier molecular flexibility index (Phi) is 7.18. The second-order valence-electron chi connectivity index (χ2n) is 10.6. The van der Waals surface area contributed by atoms with Gasteiger partial charge in [-0.25, -0.2) is 0 Å². The van der Waals surface area contributed by atoms with Crippen molar-refractivity contribution in [2.24, 2.45) is 0 Å². The zero-order chi connectivity index (χ0) is 24.2. The number of unbranched alkanes of at least 4 members (excludes halogenated alkanes) is 2. The van der Waals surface area contributed by atoms with Crippen LogP contribution in [0.15, 0.2) is 35.4 Å². The van der Waals surface area contributed by atoms with Gasteiger partial charge in [-0.05, 0) is 0 Å². The second kappa shape index (κ2) is 9.23. The standard InChI is InChI=1S/2C12H13.C5H12Si.2ClH.Hf/c2*1-8-6-11-9(2)4-5-10(3)12(11)7-8;1-2-3-4-5-6;;;/h2*4-7H,1-3H3;6H,2-5H2,1H3;2*1H;/q;;;;;+2/p-2. The zero-order valence-electron chi connectivity index (χ0n) is 21.3. The maximum atomic E-state index is 8.32. The molecule has 0 aliphatic heterocycles. The summed E-state index contributed by atoms with van der Waals surface area (Å²) in [7, 11) is 16.6. The van der Waals surface area contributed by atoms with E-state index in [1.165, 1.54) is 81.0 Å². The molecular formula is C29H38Cl2HfSi. The van der Waals surface area contributed by atoms with E-state index in [2.05, 4.69) is 84.9 Å². The van der Waals surface area contributed by atoms with Crippen LogP contribution >= 0.6 is 17.2 Å². The van der Waals surface area contributed by atoms with Crippen molar-refractivity contribution in [1.82, 2.24) is 0 Å². The second-order valence-corrected chi connectivity index (χ2v) is 60.5. The van der Waals surface area contributed by atoms with Gasteiger partial charge < -0.3 is 0 Å². The molecule has 0 bridgehead atoms. The molecule has 0 aromatic heterocycles. The van der Waals surface area contributed by atoms with E-state index >= 15 is 0 Å². The van der Waals surface area contributed by atoms with Gasteiger partial charge in [0.15, 0.2) is 0 Å². The third-order valence-corrected chi connectivity index (χ3v) is 54.6. The Morgan fingerprint density at radius 2 is 1.12 bits per heavy atom. The van der Waals surface area contributed by atoms with Crippen LogP contribution in [0.4, 0.5) is 0 Å². The topological polar surface area (TPSA) is 0 Å². The first-order chi connectivity index (χ1) is 15.5. The molecule has 0 N–H and O–H groups in total. The van der Waals surface area contributed by atoms with Crippen LogP contribution in [0.2, 0.25) is 6.04 Å². The van der Waals surface area contributed by atoms with E-state index in [1.54, 1.807) is 0 Å². The average Bonchev–Trinajstić information content (AvgIpc) is 3.31. The number of benzene rings is 2. The summed E-state index contributed by atoms with van der Waals surface area (Å²) >= 11 is -4.65. The third kappa shape index (κ3) is 4.15. The van der Waals surface area contributed by atoms with Crippen LogP contribution in [0.1, 0.15) is 91.9 Å². The number of halogens is 2. The van der Waals surface area contributed by atoms with Crippen LogP contribution in [0.25, 0.3) is 12.2 Å². The van der Waals surface area contributed by atoms with Crippen molar-refractivity contribution in [2.45, 2.75) is 81.1 Å². The molecule has 0 saturated carbocycles. The van der Waals surface area contributed by atoms with Crippen LogP contribution in [-0.2, 0) is 14.8 Å². The van der Waals surface area contributed by atoms with Crippen LogP contribution in [-0.4, -0.2) is 6.22 Å². The predicted molar refractivity (Wildman–Crippen MR) is 148 cm³/mol. The SMILES string of the molecule is CCCCC[SiH]=[Hf]([Cl])([Cl])([CH]1C(C)=Cc2c(C)ccc(C)c21)[CH]1C(C)=Cc2c(C)ccc(C)c21. The van der Waals surface area contributed by atoms with E-state index in [0.717, 1.165) is 0 Å². The first-order valence-electron chi connectivity index (χ1n) is 12.5. The fourth-order valence-electron chi connectivity index (χ4n) is 6.53. The summed E-state index contributed by atoms with van der Waals surface area (Å²) in [5.41, 5.74) is 13.9. The van der Waals surface area contributed by atoms with Crippen LogP contribution in [0.5, 0.6) is 0 Å². The molecule has 176 valence electrons. The Bertz CT molecular complexity index is 1170. The van der Waals surface area contributed by atoms with Gasteiger partial charge >= 0.3 is 211 Å². The molecule has 0 saturated heterocycles. The molecule has 0 spiro atoms. The normalized spacial score (nSPS) is 19.8. The molecule has 4 heteroatoms. The molecule has 2 aromatic carbocycles. The van der Waals surface area contributed by atoms with Crippen molar-refractivity contribution in [3.8, 4) is 0 Å². The summed E-state index contributed by atoms with van der Waals surface area (Å²) in [6.07, 6.45) is 8.57. The van der Waals surface area contributed by atoms with Gasteiger partial charge in [0.05, 0.1) is 0 Å². The molecular weight excluding hydrogens is 626 g/mol. The van der Waals surface area contributed by atoms with Crippen molar-refractivity contribution < 1.29 is 14.8 Å². The van der Waals surface area contributed by atoms with Crippen LogP contribution in [0.3, 0.4) is 0 Å². The van der Waals surface area contributed by atoms with Gasteiger partial charge in [-0.2, -0.15) is 0 Å². The van der Waals surface area contributed by atoms with Crippen LogP contribution in [0, 0.1) is 27.7 Å². The zero-order valence-corrected chi connectivity index (χ0v) is 27.5. The molecule has 2 unspecified atom stereocenters. The van der Waals surface area contributed by atoms with Crippen molar-refractivity contribution >= 4 is 35.5 Å². The van der Waals surface area contributed by atoms with E-state index in [9.17, 15) is 0 Å². The molecule has 4 rings (SSSR count). The average molecular weight is 664 g/mol. The predicted octanol–water partition coefficient (Wildman–Crippen LogP) is 9.49. The van der Waals surface area contributed by atoms with E-state index < -0.39 is 14.8 Å². The first kappa shape index (κ1) is 25.7. The molecule has 2 aliphatic carbocycles. The van der Waals surface area contributed by atoms with Gasteiger partial charge in [-0.3, -0.25) is 0 Å². The summed E-state index contributed by atoms with van der Waals surface area (Å²) < 4.78 is 0.437. The third-order valence-electron chi connectivity index (χ3n) is 8.12. The van der Waals surface area contributed by atoms with Gasteiger partial charge in [-0.15, -0.1) is 0 Å². The Morgan fingerprint density at radius 3 is 1.55 bits per heavy atom. The molecule has 0 heterocycles. The number of fused-ring (bicyclic) bond motifs is 2. The molecule has 0 nitrogen and oxygen atoms in total. The van der Waals surface area contributed by atoms with Gasteiger partial charge in [-0.1, -0.05) is 0 Å². The summed E-state index contributed by atoms with van der Waals surface area (Å²) in [5, 5.41) is 0. The number of aryl methyl sites for hydroxylation is 4. The van der Waals surface area contributed by atoms with E-state index in [4.69, 9.17) is 17.2 Å². The van der Waals surface area contributed by atoms with Gasteiger partial charge in [0, 0.05) is 0 Å². The Hall–Kier alpha value is -0.413. The molecule has 0 amide bonds. The molecule has 2 aliphatic rings.